The van der Waals surface area contributed by atoms with Crippen molar-refractivity contribution in [2.75, 3.05) is 14.2 Å². The number of hydrogen-bond acceptors (Lipinski definition) is 7. The van der Waals surface area contributed by atoms with Crippen LogP contribution in [0.3, 0.4) is 0 Å². The molecular formula is C24H25NO7. The third kappa shape index (κ3) is 5.21. The Hall–Kier alpha value is -3.94. The number of methoxy groups -OCH3 is 2. The van der Waals surface area contributed by atoms with Crippen molar-refractivity contribution in [2.45, 2.75) is 25.8 Å². The van der Waals surface area contributed by atoms with Crippen LogP contribution in [0.4, 0.5) is 0 Å². The summed E-state index contributed by atoms with van der Waals surface area (Å²) in [4.78, 5) is 24.9. The minimum absolute atomic E-state index is 0.0256. The van der Waals surface area contributed by atoms with Gasteiger partial charge in [0.1, 0.15) is 11.5 Å². The van der Waals surface area contributed by atoms with Crippen LogP contribution < -0.4 is 20.2 Å². The minimum atomic E-state index is -0.784. The molecule has 1 atom stereocenters. The Labute approximate surface area is 185 Å². The topological polar surface area (TPSA) is 118 Å². The first-order chi connectivity index (χ1) is 15.3. The molecule has 0 aliphatic rings. The summed E-state index contributed by atoms with van der Waals surface area (Å²) in [6, 6.07) is 13.0. The number of ether oxygens (including phenoxy) is 2. The normalized spacial score (nSPS) is 11.6. The smallest absolute Gasteiger partial charge is 0.227 e. The van der Waals surface area contributed by atoms with Crippen molar-refractivity contribution >= 4 is 5.91 Å². The SMILES string of the molecule is COc1ccc(CNC(=O)CC(c2ccc(O)c(OC)c2)c2oc(C)cc(=O)c2O)cc1. The zero-order valence-corrected chi connectivity index (χ0v) is 18.0. The lowest BCUT2D eigenvalue weighted by molar-refractivity contribution is -0.121. The Morgan fingerprint density at radius 3 is 2.44 bits per heavy atom. The van der Waals surface area contributed by atoms with Gasteiger partial charge in [-0.25, -0.2) is 0 Å². The lowest BCUT2D eigenvalue weighted by atomic mass is 9.91. The average molecular weight is 439 g/mol. The molecule has 1 unspecified atom stereocenters. The number of carbonyl (C=O) groups is 1. The van der Waals surface area contributed by atoms with E-state index in [9.17, 15) is 19.8 Å². The molecular weight excluding hydrogens is 414 g/mol. The number of phenolic OH excluding ortho intramolecular Hbond substituents is 1. The molecule has 0 saturated heterocycles. The van der Waals surface area contributed by atoms with Gasteiger partial charge in [0.15, 0.2) is 17.3 Å². The van der Waals surface area contributed by atoms with Crippen LogP contribution in [-0.2, 0) is 11.3 Å². The predicted molar refractivity (Wildman–Crippen MR) is 117 cm³/mol. The van der Waals surface area contributed by atoms with E-state index < -0.39 is 17.1 Å². The molecule has 32 heavy (non-hydrogen) atoms. The summed E-state index contributed by atoms with van der Waals surface area (Å²) in [6.45, 7) is 1.88. The summed E-state index contributed by atoms with van der Waals surface area (Å²) in [5.41, 5.74) is 0.813. The van der Waals surface area contributed by atoms with E-state index in [1.807, 2.05) is 12.1 Å². The largest absolute Gasteiger partial charge is 0.504 e. The van der Waals surface area contributed by atoms with Gasteiger partial charge in [0, 0.05) is 19.0 Å². The highest BCUT2D eigenvalue weighted by atomic mass is 16.5. The number of benzene rings is 2. The third-order valence-electron chi connectivity index (χ3n) is 5.03. The first-order valence-electron chi connectivity index (χ1n) is 9.92. The summed E-state index contributed by atoms with van der Waals surface area (Å²) >= 11 is 0. The van der Waals surface area contributed by atoms with Crippen LogP contribution in [-0.4, -0.2) is 30.3 Å². The van der Waals surface area contributed by atoms with Gasteiger partial charge in [-0.15, -0.1) is 0 Å². The summed E-state index contributed by atoms with van der Waals surface area (Å²) in [5.74, 6) is -0.551. The Balaban J connectivity index is 1.89. The van der Waals surface area contributed by atoms with Gasteiger partial charge in [0.2, 0.25) is 17.1 Å². The highest BCUT2D eigenvalue weighted by Crippen LogP contribution is 2.37. The van der Waals surface area contributed by atoms with E-state index in [0.29, 0.717) is 17.1 Å². The number of amides is 1. The molecule has 3 aromatic rings. The fourth-order valence-electron chi connectivity index (χ4n) is 3.34. The van der Waals surface area contributed by atoms with Crippen molar-refractivity contribution in [3.63, 3.8) is 0 Å². The summed E-state index contributed by atoms with van der Waals surface area (Å²) in [7, 11) is 2.98. The van der Waals surface area contributed by atoms with Crippen LogP contribution in [0.15, 0.2) is 57.7 Å². The zero-order valence-electron chi connectivity index (χ0n) is 18.0. The van der Waals surface area contributed by atoms with Gasteiger partial charge in [-0.05, 0) is 42.3 Å². The van der Waals surface area contributed by atoms with E-state index in [4.69, 9.17) is 13.9 Å². The molecule has 3 rings (SSSR count). The molecule has 8 heteroatoms. The maximum atomic E-state index is 12.8. The van der Waals surface area contributed by atoms with Crippen LogP contribution in [0, 0.1) is 6.92 Å². The number of aromatic hydroxyl groups is 2. The lowest BCUT2D eigenvalue weighted by Gasteiger charge is -2.19. The molecule has 0 aliphatic carbocycles. The molecule has 2 aromatic carbocycles. The third-order valence-corrected chi connectivity index (χ3v) is 5.03. The van der Waals surface area contributed by atoms with Gasteiger partial charge < -0.3 is 29.4 Å². The Bertz CT molecular complexity index is 1150. The highest BCUT2D eigenvalue weighted by Gasteiger charge is 2.26. The van der Waals surface area contributed by atoms with Crippen LogP contribution in [0.25, 0.3) is 0 Å². The molecule has 1 aromatic heterocycles. The first kappa shape index (κ1) is 22.7. The fraction of sp³-hybridized carbons (Fsp3) is 0.250. The molecule has 0 bridgehead atoms. The molecule has 0 aliphatic heterocycles. The van der Waals surface area contributed by atoms with Gasteiger partial charge in [0.05, 0.1) is 20.1 Å². The average Bonchev–Trinajstić information content (AvgIpc) is 2.79. The molecule has 0 radical (unpaired) electrons. The van der Waals surface area contributed by atoms with Crippen LogP contribution in [0.2, 0.25) is 0 Å². The van der Waals surface area contributed by atoms with E-state index in [1.54, 1.807) is 38.3 Å². The maximum Gasteiger partial charge on any atom is 0.227 e. The molecule has 0 fully saturated rings. The number of nitrogens with one attached hydrogen (secondary N) is 1. The van der Waals surface area contributed by atoms with E-state index in [0.717, 1.165) is 5.56 Å². The summed E-state index contributed by atoms with van der Waals surface area (Å²) in [6.07, 6.45) is -0.107. The predicted octanol–water partition coefficient (Wildman–Crippen LogP) is 3.22. The van der Waals surface area contributed by atoms with Crippen LogP contribution >= 0.6 is 0 Å². The minimum Gasteiger partial charge on any atom is -0.504 e. The van der Waals surface area contributed by atoms with Crippen molar-refractivity contribution < 1.29 is 28.9 Å². The van der Waals surface area contributed by atoms with Gasteiger partial charge in [-0.1, -0.05) is 18.2 Å². The quantitative estimate of drug-likeness (QED) is 0.493. The molecule has 1 heterocycles. The van der Waals surface area contributed by atoms with Crippen molar-refractivity contribution in [3.05, 3.63) is 81.4 Å². The molecule has 0 spiro atoms. The van der Waals surface area contributed by atoms with Crippen molar-refractivity contribution in [1.82, 2.24) is 5.32 Å². The van der Waals surface area contributed by atoms with Crippen LogP contribution in [0.1, 0.15) is 35.0 Å². The standard InChI is InChI=1S/C24H25NO7/c1-14-10-20(27)23(29)24(32-14)18(16-6-9-19(26)21(11-16)31-3)12-22(28)25-13-15-4-7-17(30-2)8-5-15/h4-11,18,26,29H,12-13H2,1-3H3,(H,25,28). The van der Waals surface area contributed by atoms with E-state index in [2.05, 4.69) is 5.32 Å². The van der Waals surface area contributed by atoms with Gasteiger partial charge in [0.25, 0.3) is 0 Å². The van der Waals surface area contributed by atoms with Gasteiger partial charge >= 0.3 is 0 Å². The molecule has 1 amide bonds. The number of phenols is 1. The number of rotatable bonds is 8. The molecule has 3 N–H and O–H groups in total. The Morgan fingerprint density at radius 2 is 1.78 bits per heavy atom. The monoisotopic (exact) mass is 439 g/mol. The second-order valence-electron chi connectivity index (χ2n) is 7.25. The second kappa shape index (κ2) is 9.91. The zero-order chi connectivity index (χ0) is 23.3. The maximum absolute atomic E-state index is 12.8. The van der Waals surface area contributed by atoms with E-state index >= 15 is 0 Å². The molecule has 8 nitrogen and oxygen atoms in total. The number of hydrogen-bond donors (Lipinski definition) is 3. The van der Waals surface area contributed by atoms with Gasteiger partial charge in [-0.3, -0.25) is 9.59 Å². The Kier molecular flexibility index (Phi) is 7.04. The van der Waals surface area contributed by atoms with E-state index in [-0.39, 0.29) is 36.1 Å². The molecule has 168 valence electrons. The lowest BCUT2D eigenvalue weighted by Crippen LogP contribution is -2.25. The van der Waals surface area contributed by atoms with Crippen molar-refractivity contribution in [2.24, 2.45) is 0 Å². The van der Waals surface area contributed by atoms with Crippen molar-refractivity contribution in [1.29, 1.82) is 0 Å². The first-order valence-corrected chi connectivity index (χ1v) is 9.92. The summed E-state index contributed by atoms with van der Waals surface area (Å²) < 4.78 is 15.9. The second-order valence-corrected chi connectivity index (χ2v) is 7.25. The van der Waals surface area contributed by atoms with E-state index in [1.165, 1.54) is 19.2 Å². The van der Waals surface area contributed by atoms with Gasteiger partial charge in [-0.2, -0.15) is 0 Å². The number of carbonyl (C=O) groups excluding carboxylic acids is 1. The molecule has 0 saturated carbocycles. The number of aryl methyl sites for hydroxylation is 1. The Morgan fingerprint density at radius 1 is 1.06 bits per heavy atom. The summed E-state index contributed by atoms with van der Waals surface area (Å²) in [5, 5.41) is 23.1. The van der Waals surface area contributed by atoms with Crippen LogP contribution in [0.5, 0.6) is 23.0 Å². The van der Waals surface area contributed by atoms with Crippen molar-refractivity contribution in [3.8, 4) is 23.0 Å². The highest BCUT2D eigenvalue weighted by molar-refractivity contribution is 5.77. The fourth-order valence-corrected chi connectivity index (χ4v) is 3.34.